The third-order valence-electron chi connectivity index (χ3n) is 7.40. The number of likely N-dealkylation sites (tertiary alicyclic amines) is 1. The van der Waals surface area contributed by atoms with Gasteiger partial charge in [0.15, 0.2) is 0 Å². The quantitative estimate of drug-likeness (QED) is 0.268. The Hall–Kier alpha value is -2.36. The SMILES string of the molecule is COC[C@H]1O[C@@H](Oc2cc(Br)cc(C(=O)Nc3ccc(Cl)cn3)c2NC(=O)C2CCN(C(C)C)CC2)[C@H](O)[C@@H](O)[C@@H]1O. The van der Waals surface area contributed by atoms with Crippen molar-refractivity contribution in [3.05, 3.63) is 45.5 Å². The van der Waals surface area contributed by atoms with Gasteiger partial charge in [-0.1, -0.05) is 27.5 Å². The molecule has 0 unspecified atom stereocenters. The molecule has 2 amide bonds. The molecule has 4 rings (SSSR count). The number of anilines is 2. The topological polar surface area (TPSA) is 163 Å². The summed E-state index contributed by atoms with van der Waals surface area (Å²) in [4.78, 5) is 33.4. The number of aliphatic hydroxyl groups excluding tert-OH is 3. The highest BCUT2D eigenvalue weighted by Gasteiger charge is 2.45. The monoisotopic (exact) mass is 670 g/mol. The highest BCUT2D eigenvalue weighted by Crippen LogP contribution is 2.37. The van der Waals surface area contributed by atoms with Crippen LogP contribution in [0.15, 0.2) is 34.9 Å². The summed E-state index contributed by atoms with van der Waals surface area (Å²) in [7, 11) is 1.40. The van der Waals surface area contributed by atoms with Crippen LogP contribution in [0.4, 0.5) is 11.5 Å². The van der Waals surface area contributed by atoms with E-state index < -0.39 is 36.6 Å². The number of carbonyl (C=O) groups is 2. The van der Waals surface area contributed by atoms with E-state index in [1.165, 1.54) is 31.5 Å². The normalized spacial score (nSPS) is 25.3. The van der Waals surface area contributed by atoms with Crippen molar-refractivity contribution in [2.75, 3.05) is 37.4 Å². The van der Waals surface area contributed by atoms with E-state index >= 15 is 0 Å². The maximum absolute atomic E-state index is 13.5. The molecule has 0 radical (unpaired) electrons. The fourth-order valence-electron chi connectivity index (χ4n) is 4.96. The zero-order chi connectivity index (χ0) is 30.6. The summed E-state index contributed by atoms with van der Waals surface area (Å²) in [5, 5.41) is 37.4. The Bertz CT molecular complexity index is 1250. The van der Waals surface area contributed by atoms with Crippen LogP contribution >= 0.6 is 27.5 Å². The van der Waals surface area contributed by atoms with Crippen molar-refractivity contribution >= 4 is 50.9 Å². The molecular formula is C28H36BrClN4O8. The molecular weight excluding hydrogens is 636 g/mol. The van der Waals surface area contributed by atoms with Crippen LogP contribution in [-0.2, 0) is 14.3 Å². The number of hydrogen-bond acceptors (Lipinski definition) is 10. The number of carbonyl (C=O) groups excluding carboxylic acids is 2. The number of nitrogens with one attached hydrogen (secondary N) is 2. The third kappa shape index (κ3) is 7.77. The molecule has 14 heteroatoms. The first-order chi connectivity index (χ1) is 20.0. The number of rotatable bonds is 9. The Morgan fingerprint density at radius 1 is 1.14 bits per heavy atom. The van der Waals surface area contributed by atoms with Crippen molar-refractivity contribution < 1.29 is 39.1 Å². The minimum absolute atomic E-state index is 0.00429. The number of methoxy groups -OCH3 is 1. The number of ether oxygens (including phenoxy) is 3. The van der Waals surface area contributed by atoms with Crippen LogP contribution in [-0.4, -0.2) is 101 Å². The van der Waals surface area contributed by atoms with Crippen molar-refractivity contribution in [2.45, 2.75) is 63.4 Å². The lowest BCUT2D eigenvalue weighted by Gasteiger charge is -2.40. The first-order valence-electron chi connectivity index (χ1n) is 13.6. The number of aromatic nitrogens is 1. The van der Waals surface area contributed by atoms with Gasteiger partial charge in [-0.3, -0.25) is 9.59 Å². The number of hydrogen-bond donors (Lipinski definition) is 5. The zero-order valence-electron chi connectivity index (χ0n) is 23.5. The predicted molar refractivity (Wildman–Crippen MR) is 159 cm³/mol. The lowest BCUT2D eigenvalue weighted by Crippen LogP contribution is -2.60. The second kappa shape index (κ2) is 14.4. The van der Waals surface area contributed by atoms with Crippen molar-refractivity contribution in [3.8, 4) is 5.75 Å². The Balaban J connectivity index is 1.66. The molecule has 1 aromatic carbocycles. The number of halogens is 2. The van der Waals surface area contributed by atoms with Gasteiger partial charge >= 0.3 is 0 Å². The Morgan fingerprint density at radius 3 is 2.48 bits per heavy atom. The second-order valence-electron chi connectivity index (χ2n) is 10.6. The molecule has 230 valence electrons. The lowest BCUT2D eigenvalue weighted by molar-refractivity contribution is -0.278. The van der Waals surface area contributed by atoms with Crippen molar-refractivity contribution in [1.29, 1.82) is 0 Å². The van der Waals surface area contributed by atoms with Crippen LogP contribution in [0.5, 0.6) is 5.75 Å². The van der Waals surface area contributed by atoms with Crippen LogP contribution in [0.1, 0.15) is 37.0 Å². The maximum atomic E-state index is 13.5. The van der Waals surface area contributed by atoms with Gasteiger partial charge in [0.05, 0.1) is 22.9 Å². The van der Waals surface area contributed by atoms with E-state index in [0.717, 1.165) is 13.1 Å². The summed E-state index contributed by atoms with van der Waals surface area (Å²) in [6, 6.07) is 6.50. The molecule has 2 aromatic rings. The average Bonchev–Trinajstić information content (AvgIpc) is 2.96. The highest BCUT2D eigenvalue weighted by atomic mass is 79.9. The third-order valence-corrected chi connectivity index (χ3v) is 8.08. The Kier molecular flexibility index (Phi) is 11.2. The number of piperidine rings is 1. The van der Waals surface area contributed by atoms with Crippen LogP contribution < -0.4 is 15.4 Å². The fourth-order valence-corrected chi connectivity index (χ4v) is 5.51. The average molecular weight is 672 g/mol. The smallest absolute Gasteiger partial charge is 0.259 e. The molecule has 2 aliphatic heterocycles. The standard InChI is InChI=1S/C28H36BrClN4O8/c1-14(2)34-8-6-15(7-9-34)26(38)33-22-18(27(39)32-21-5-4-17(30)12-31-21)10-16(29)11-19(22)41-28-25(37)24(36)23(35)20(42-28)13-40-3/h4-5,10-12,14-15,20,23-25,28,35-37H,6-9,13H2,1-3H3,(H,33,38)(H,31,32,39)/t20-,23-,24+,25-,28-/m1/s1. The molecule has 2 fully saturated rings. The largest absolute Gasteiger partial charge is 0.460 e. The van der Waals surface area contributed by atoms with E-state index in [2.05, 4.69) is 50.3 Å². The fraction of sp³-hybridized carbons (Fsp3) is 0.536. The molecule has 12 nitrogen and oxygen atoms in total. The number of amides is 2. The highest BCUT2D eigenvalue weighted by molar-refractivity contribution is 9.10. The van der Waals surface area contributed by atoms with E-state index in [1.807, 2.05) is 0 Å². The Morgan fingerprint density at radius 2 is 1.86 bits per heavy atom. The second-order valence-corrected chi connectivity index (χ2v) is 12.0. The van der Waals surface area contributed by atoms with Gasteiger partial charge in [-0.2, -0.15) is 0 Å². The molecule has 0 aliphatic carbocycles. The van der Waals surface area contributed by atoms with Gasteiger partial charge in [-0.15, -0.1) is 0 Å². The number of pyridine rings is 1. The van der Waals surface area contributed by atoms with Crippen molar-refractivity contribution in [1.82, 2.24) is 9.88 Å². The molecule has 0 spiro atoms. The summed E-state index contributed by atoms with van der Waals surface area (Å²) >= 11 is 9.31. The summed E-state index contributed by atoms with van der Waals surface area (Å²) < 4.78 is 17.2. The van der Waals surface area contributed by atoms with Crippen LogP contribution in [0.2, 0.25) is 5.02 Å². The minimum atomic E-state index is -1.65. The molecule has 3 heterocycles. The molecule has 5 atom stereocenters. The van der Waals surface area contributed by atoms with E-state index in [-0.39, 0.29) is 41.3 Å². The van der Waals surface area contributed by atoms with E-state index in [0.29, 0.717) is 28.4 Å². The van der Waals surface area contributed by atoms with Gasteiger partial charge in [0.2, 0.25) is 12.2 Å². The lowest BCUT2D eigenvalue weighted by atomic mass is 9.95. The molecule has 5 N–H and O–H groups in total. The van der Waals surface area contributed by atoms with Crippen LogP contribution in [0.3, 0.4) is 0 Å². The van der Waals surface area contributed by atoms with Crippen LogP contribution in [0.25, 0.3) is 0 Å². The van der Waals surface area contributed by atoms with Gasteiger partial charge in [0.1, 0.15) is 36.0 Å². The molecule has 1 aromatic heterocycles. The van der Waals surface area contributed by atoms with Crippen LogP contribution in [0, 0.1) is 5.92 Å². The summed E-state index contributed by atoms with van der Waals surface area (Å²) in [5.41, 5.74) is 0.0871. The van der Waals surface area contributed by atoms with Gasteiger partial charge in [0, 0.05) is 29.7 Å². The van der Waals surface area contributed by atoms with E-state index in [1.54, 1.807) is 6.07 Å². The van der Waals surface area contributed by atoms with Crippen molar-refractivity contribution in [3.63, 3.8) is 0 Å². The molecule has 0 saturated carbocycles. The molecule has 42 heavy (non-hydrogen) atoms. The number of nitrogens with zero attached hydrogens (tertiary/aromatic N) is 2. The van der Waals surface area contributed by atoms with Gasteiger partial charge in [0.25, 0.3) is 5.91 Å². The van der Waals surface area contributed by atoms with Gasteiger partial charge in [-0.25, -0.2) is 4.98 Å². The minimum Gasteiger partial charge on any atom is -0.460 e. The van der Waals surface area contributed by atoms with E-state index in [4.69, 9.17) is 25.8 Å². The predicted octanol–water partition coefficient (Wildman–Crippen LogP) is 2.64. The molecule has 2 aliphatic rings. The van der Waals surface area contributed by atoms with Gasteiger partial charge in [-0.05, 0) is 64.0 Å². The summed E-state index contributed by atoms with van der Waals surface area (Å²) in [6.45, 7) is 5.67. The molecule has 2 saturated heterocycles. The van der Waals surface area contributed by atoms with Crippen molar-refractivity contribution in [2.24, 2.45) is 5.92 Å². The van der Waals surface area contributed by atoms with E-state index in [9.17, 15) is 24.9 Å². The number of aliphatic hydroxyl groups is 3. The summed E-state index contributed by atoms with van der Waals surface area (Å²) in [5.74, 6) is -0.961. The molecule has 0 bridgehead atoms. The van der Waals surface area contributed by atoms with Gasteiger partial charge < -0.3 is 45.1 Å². The Labute approximate surface area is 257 Å². The number of benzene rings is 1. The first-order valence-corrected chi connectivity index (χ1v) is 14.8. The maximum Gasteiger partial charge on any atom is 0.259 e. The summed E-state index contributed by atoms with van der Waals surface area (Å²) in [6.07, 6.45) is -4.47. The zero-order valence-corrected chi connectivity index (χ0v) is 25.8. The first kappa shape index (κ1) is 32.6.